The Morgan fingerprint density at radius 3 is 0.926 bits per heavy atom. The van der Waals surface area contributed by atoms with Gasteiger partial charge in [0.1, 0.15) is 23.0 Å². The lowest BCUT2D eigenvalue weighted by atomic mass is 9.90. The number of para-hydroxylation sites is 2. The molecule has 4 aromatic rings. The highest BCUT2D eigenvalue weighted by molar-refractivity contribution is 7.71. The maximum atomic E-state index is 13.3. The third kappa shape index (κ3) is 16.4. The largest absolute Gasteiger partial charge is 0.507 e. The number of unbranched alkanes of at least 4 members (excludes halogenated alkanes) is 18. The number of benzene rings is 4. The molecule has 1 aliphatic rings. The first kappa shape index (κ1) is 54.7. The SMILES string of the molecule is CCCCCCCCCCCCOc1c2cccc1Cc1cc(C(=O)P(=O)(O)O)cc(c1O)Cc1cccc(c1OCCCCCCCCCCCC)Cc1cc(C(=O)P(=O)(O)O)cc(c1O)C2. The Labute approximate surface area is 403 Å². The molecule has 5 rings (SSSR count). The van der Waals surface area contributed by atoms with Crippen molar-refractivity contribution in [3.05, 3.63) is 116 Å². The molecule has 0 aliphatic heterocycles. The zero-order valence-electron chi connectivity index (χ0n) is 40.2. The molecule has 0 amide bonds. The molecule has 0 spiro atoms. The minimum atomic E-state index is -5.23. The van der Waals surface area contributed by atoms with Crippen LogP contribution in [0.5, 0.6) is 23.0 Å². The highest BCUT2D eigenvalue weighted by atomic mass is 31.2. The minimum Gasteiger partial charge on any atom is -0.507 e. The van der Waals surface area contributed by atoms with Crippen LogP contribution < -0.4 is 9.47 Å². The van der Waals surface area contributed by atoms with E-state index in [2.05, 4.69) is 13.8 Å². The smallest absolute Gasteiger partial charge is 0.396 e. The summed E-state index contributed by atoms with van der Waals surface area (Å²) in [4.78, 5) is 66.8. The van der Waals surface area contributed by atoms with Crippen LogP contribution in [0.3, 0.4) is 0 Å². The van der Waals surface area contributed by atoms with Gasteiger partial charge < -0.3 is 39.3 Å². The van der Waals surface area contributed by atoms with Gasteiger partial charge in [-0.2, -0.15) is 0 Å². The molecule has 0 saturated heterocycles. The Balaban J connectivity index is 1.55. The van der Waals surface area contributed by atoms with E-state index in [4.69, 9.17) is 9.47 Å². The molecule has 372 valence electrons. The van der Waals surface area contributed by atoms with Gasteiger partial charge in [-0.1, -0.05) is 166 Å². The zero-order valence-corrected chi connectivity index (χ0v) is 42.0. The molecular weight excluding hydrogens is 903 g/mol. The van der Waals surface area contributed by atoms with Crippen molar-refractivity contribution < 1.29 is 58.0 Å². The fraction of sp³-hybridized carbons (Fsp3) is 0.519. The molecule has 0 atom stereocenters. The zero-order chi connectivity index (χ0) is 49.1. The number of hydrogen-bond acceptors (Lipinski definition) is 8. The first-order valence-corrected chi connectivity index (χ1v) is 28.2. The van der Waals surface area contributed by atoms with E-state index in [0.29, 0.717) is 47.0 Å². The number of hydrogen-bond donors (Lipinski definition) is 6. The summed E-state index contributed by atoms with van der Waals surface area (Å²) in [6.07, 6.45) is 22.4. The summed E-state index contributed by atoms with van der Waals surface area (Å²) in [6.45, 7) is 5.08. The van der Waals surface area contributed by atoms with Crippen LogP contribution in [0.2, 0.25) is 0 Å². The molecule has 0 aromatic heterocycles. The lowest BCUT2D eigenvalue weighted by molar-refractivity contribution is 0.103. The van der Waals surface area contributed by atoms with Crippen molar-refractivity contribution in [2.75, 3.05) is 13.2 Å². The summed E-state index contributed by atoms with van der Waals surface area (Å²) in [7, 11) is -10.5. The number of fused-ring (bicyclic) bond motifs is 8. The second-order valence-corrected chi connectivity index (χ2v) is 21.6. The van der Waals surface area contributed by atoms with Gasteiger partial charge in [0.05, 0.1) is 13.2 Å². The maximum Gasteiger partial charge on any atom is 0.396 e. The topological polar surface area (TPSA) is 208 Å². The Morgan fingerprint density at radius 1 is 0.426 bits per heavy atom. The molecule has 0 radical (unpaired) electrons. The number of ether oxygens (including phenoxy) is 2. The number of phenols is 2. The van der Waals surface area contributed by atoms with Crippen molar-refractivity contribution in [3.63, 3.8) is 0 Å². The highest BCUT2D eigenvalue weighted by Gasteiger charge is 2.31. The third-order valence-electron chi connectivity index (χ3n) is 12.9. The number of aromatic hydroxyl groups is 2. The lowest BCUT2D eigenvalue weighted by Gasteiger charge is -2.21. The van der Waals surface area contributed by atoms with Gasteiger partial charge in [0.25, 0.3) is 11.0 Å². The van der Waals surface area contributed by atoms with Crippen molar-refractivity contribution in [2.24, 2.45) is 0 Å². The molecule has 6 N–H and O–H groups in total. The molecule has 14 heteroatoms. The van der Waals surface area contributed by atoms with Crippen molar-refractivity contribution >= 4 is 26.2 Å². The summed E-state index contributed by atoms with van der Waals surface area (Å²) < 4.78 is 37.9. The molecule has 0 fully saturated rings. The molecule has 0 heterocycles. The molecule has 12 nitrogen and oxygen atoms in total. The minimum absolute atomic E-state index is 0.0155. The summed E-state index contributed by atoms with van der Waals surface area (Å²) >= 11 is 0. The van der Waals surface area contributed by atoms with Crippen LogP contribution in [0.4, 0.5) is 0 Å². The van der Waals surface area contributed by atoms with E-state index >= 15 is 0 Å². The van der Waals surface area contributed by atoms with E-state index in [-0.39, 0.29) is 70.6 Å². The van der Waals surface area contributed by atoms with Crippen LogP contribution in [-0.2, 0) is 34.8 Å². The Hall–Kier alpha value is -4.28. The monoisotopic (exact) mass is 976 g/mol. The quantitative estimate of drug-likeness (QED) is 0.0204. The van der Waals surface area contributed by atoms with Crippen LogP contribution in [0.25, 0.3) is 0 Å². The van der Waals surface area contributed by atoms with E-state index < -0.39 is 26.2 Å². The summed E-state index contributed by atoms with van der Waals surface area (Å²) in [5.74, 6) is 0.535. The summed E-state index contributed by atoms with van der Waals surface area (Å²) in [6, 6.07) is 15.9. The highest BCUT2D eigenvalue weighted by Crippen LogP contribution is 2.44. The fourth-order valence-electron chi connectivity index (χ4n) is 9.19. The summed E-state index contributed by atoms with van der Waals surface area (Å²) in [5.41, 5.74) is -0.0150. The second kappa shape index (κ2) is 27.2. The second-order valence-electron chi connectivity index (χ2n) is 18.6. The first-order valence-electron chi connectivity index (χ1n) is 25.0. The van der Waals surface area contributed by atoms with Gasteiger partial charge in [0, 0.05) is 36.8 Å². The Kier molecular flexibility index (Phi) is 21.9. The van der Waals surface area contributed by atoms with E-state index in [1.165, 1.54) is 101 Å². The van der Waals surface area contributed by atoms with Gasteiger partial charge >= 0.3 is 15.2 Å². The van der Waals surface area contributed by atoms with Crippen LogP contribution in [0, 0.1) is 0 Å². The van der Waals surface area contributed by atoms with Crippen LogP contribution in [-0.4, -0.2) is 54.0 Å². The molecule has 0 saturated carbocycles. The molecule has 1 aliphatic carbocycles. The fourth-order valence-corrected chi connectivity index (χ4v) is 10.1. The van der Waals surface area contributed by atoms with Gasteiger partial charge in [-0.3, -0.25) is 18.7 Å². The van der Waals surface area contributed by atoms with Crippen LogP contribution in [0.15, 0.2) is 60.7 Å². The van der Waals surface area contributed by atoms with Gasteiger partial charge in [-0.15, -0.1) is 0 Å². The lowest BCUT2D eigenvalue weighted by Crippen LogP contribution is -2.09. The number of rotatable bonds is 28. The standard InChI is InChI=1S/C54H74O12P2/c1-3-5-7-9-11-13-15-17-19-21-29-65-51-39-25-23-26-40(51)32-44-36-48(54(58)68(62,63)64)38-46(50(44)56)34-42-28-24-27-41(52(42)66-30-22-20-18-16-14-12-10-8-6-4-2)33-45-37-47(53(57)67(59,60)61)35-43(31-39)49(45)55/h23-28,35-38,55-56H,3-22,29-34H2,1-2H3,(H2,59,60,61)(H2,62,63,64). The third-order valence-corrected chi connectivity index (χ3v) is 14.5. The molecule has 8 bridgehead atoms. The maximum absolute atomic E-state index is 13.3. The van der Waals surface area contributed by atoms with Gasteiger partial charge in [-0.05, 0) is 81.6 Å². The summed E-state index contributed by atoms with van der Waals surface area (Å²) in [5, 5.41) is 24.1. The van der Waals surface area contributed by atoms with Crippen molar-refractivity contribution in [2.45, 2.75) is 168 Å². The molecular formula is C54H74O12P2. The van der Waals surface area contributed by atoms with Crippen molar-refractivity contribution in [3.8, 4) is 23.0 Å². The van der Waals surface area contributed by atoms with Crippen molar-refractivity contribution in [1.29, 1.82) is 0 Å². The van der Waals surface area contributed by atoms with Crippen molar-refractivity contribution in [1.82, 2.24) is 0 Å². The van der Waals surface area contributed by atoms with E-state index in [0.717, 1.165) is 51.4 Å². The van der Waals surface area contributed by atoms with Gasteiger partial charge in [0.15, 0.2) is 0 Å². The van der Waals surface area contributed by atoms with E-state index in [1.807, 2.05) is 0 Å². The van der Waals surface area contributed by atoms with E-state index in [1.54, 1.807) is 36.4 Å². The number of carbonyl (C=O) groups excluding carboxylic acids is 2. The normalized spacial score (nSPS) is 12.8. The molecule has 68 heavy (non-hydrogen) atoms. The average Bonchev–Trinajstić information content (AvgIpc) is 3.29. The predicted molar refractivity (Wildman–Crippen MR) is 268 cm³/mol. The van der Waals surface area contributed by atoms with Crippen LogP contribution in [0.1, 0.15) is 207 Å². The molecule has 0 unspecified atom stereocenters. The van der Waals surface area contributed by atoms with Gasteiger partial charge in [0.2, 0.25) is 0 Å². The average molecular weight is 977 g/mol. The van der Waals surface area contributed by atoms with E-state index in [9.17, 15) is 48.5 Å². The Morgan fingerprint density at radius 2 is 0.676 bits per heavy atom. The number of phenolic OH excluding ortho intramolecular Hbond substituents is 2. The predicted octanol–water partition coefficient (Wildman–Crippen LogP) is 13.0. The van der Waals surface area contributed by atoms with Gasteiger partial charge in [-0.25, -0.2) is 0 Å². The molecule has 4 aromatic carbocycles. The Bertz CT molecular complexity index is 2130. The first-order chi connectivity index (χ1) is 32.6. The number of carbonyl (C=O) groups is 2. The van der Waals surface area contributed by atoms with Crippen LogP contribution >= 0.6 is 15.2 Å².